The van der Waals surface area contributed by atoms with Crippen LogP contribution in [0.2, 0.25) is 0 Å². The van der Waals surface area contributed by atoms with Gasteiger partial charge in [-0.25, -0.2) is 8.78 Å². The largest absolute Gasteiger partial charge is 0.276 e. The van der Waals surface area contributed by atoms with E-state index in [2.05, 4.69) is 10.5 Å². The highest BCUT2D eigenvalue weighted by atomic mass is 19.1. The van der Waals surface area contributed by atoms with Gasteiger partial charge >= 0.3 is 0 Å². The third-order valence-corrected chi connectivity index (χ3v) is 2.60. The third-order valence-electron chi connectivity index (χ3n) is 2.60. The van der Waals surface area contributed by atoms with Gasteiger partial charge in [0.2, 0.25) is 5.71 Å². The zero-order chi connectivity index (χ0) is 15.2. The smallest absolute Gasteiger partial charge is 0.237 e. The van der Waals surface area contributed by atoms with Crippen molar-refractivity contribution in [3.63, 3.8) is 0 Å². The fourth-order valence-electron chi connectivity index (χ4n) is 1.73. The molecule has 0 aliphatic heterocycles. The minimum atomic E-state index is -0.696. The van der Waals surface area contributed by atoms with Gasteiger partial charge in [-0.05, 0) is 23.8 Å². The van der Waals surface area contributed by atoms with Crippen LogP contribution in [0.5, 0.6) is 0 Å². The standard InChI is InChI=1S/C15H8F2N4/c16-11-5-10(6-12(17)7-11)14-3-1-2-4-15(14)21-20-13(8-18)9-19/h1-7,21H. The number of nitrogens with one attached hydrogen (secondary N) is 1. The summed E-state index contributed by atoms with van der Waals surface area (Å²) in [5, 5.41) is 20.9. The van der Waals surface area contributed by atoms with Gasteiger partial charge in [-0.3, -0.25) is 5.43 Å². The lowest BCUT2D eigenvalue weighted by Gasteiger charge is -2.09. The first-order valence-electron chi connectivity index (χ1n) is 5.83. The van der Waals surface area contributed by atoms with Crippen LogP contribution in [0.15, 0.2) is 47.6 Å². The zero-order valence-corrected chi connectivity index (χ0v) is 10.6. The van der Waals surface area contributed by atoms with Crippen LogP contribution in [0.3, 0.4) is 0 Å². The fraction of sp³-hybridized carbons (Fsp3) is 0. The molecule has 0 radical (unpaired) electrons. The van der Waals surface area contributed by atoms with Crippen LogP contribution < -0.4 is 5.43 Å². The molecule has 2 rings (SSSR count). The van der Waals surface area contributed by atoms with E-state index in [0.29, 0.717) is 16.8 Å². The van der Waals surface area contributed by atoms with Crippen LogP contribution in [-0.4, -0.2) is 5.71 Å². The second-order valence-electron chi connectivity index (χ2n) is 4.00. The summed E-state index contributed by atoms with van der Waals surface area (Å²) in [6, 6.07) is 13.0. The van der Waals surface area contributed by atoms with Crippen LogP contribution in [0, 0.1) is 34.3 Å². The van der Waals surface area contributed by atoms with Crippen molar-refractivity contribution in [1.29, 1.82) is 10.5 Å². The van der Waals surface area contributed by atoms with E-state index >= 15 is 0 Å². The summed E-state index contributed by atoms with van der Waals surface area (Å²) in [5.41, 5.74) is 3.44. The average molecular weight is 282 g/mol. The Morgan fingerprint density at radius 3 is 2.24 bits per heavy atom. The van der Waals surface area contributed by atoms with Gasteiger partial charge < -0.3 is 0 Å². The normalized spacial score (nSPS) is 9.33. The Hall–Kier alpha value is -3.25. The Morgan fingerprint density at radius 2 is 1.62 bits per heavy atom. The molecule has 1 N–H and O–H groups in total. The number of nitrogens with zero attached hydrogens (tertiary/aromatic N) is 3. The summed E-state index contributed by atoms with van der Waals surface area (Å²) >= 11 is 0. The molecule has 2 aromatic rings. The monoisotopic (exact) mass is 282 g/mol. The highest BCUT2D eigenvalue weighted by Gasteiger charge is 2.07. The van der Waals surface area contributed by atoms with E-state index in [1.54, 1.807) is 36.4 Å². The Kier molecular flexibility index (Phi) is 4.23. The molecule has 0 fully saturated rings. The lowest BCUT2D eigenvalue weighted by atomic mass is 10.0. The van der Waals surface area contributed by atoms with Crippen molar-refractivity contribution >= 4 is 11.4 Å². The van der Waals surface area contributed by atoms with E-state index in [1.165, 1.54) is 12.1 Å². The maximum Gasteiger partial charge on any atom is 0.237 e. The Morgan fingerprint density at radius 1 is 1.00 bits per heavy atom. The first-order valence-corrected chi connectivity index (χ1v) is 5.83. The maximum atomic E-state index is 13.3. The third kappa shape index (κ3) is 3.40. The van der Waals surface area contributed by atoms with Crippen LogP contribution in [0.25, 0.3) is 11.1 Å². The quantitative estimate of drug-likeness (QED) is 0.692. The Labute approximate surface area is 119 Å². The van der Waals surface area contributed by atoms with Crippen LogP contribution in [0.4, 0.5) is 14.5 Å². The number of halogens is 2. The number of hydrogen-bond acceptors (Lipinski definition) is 4. The highest BCUT2D eigenvalue weighted by Crippen LogP contribution is 2.29. The van der Waals surface area contributed by atoms with Crippen molar-refractivity contribution in [1.82, 2.24) is 0 Å². The number of anilines is 1. The van der Waals surface area contributed by atoms with Crippen molar-refractivity contribution in [3.8, 4) is 23.3 Å². The van der Waals surface area contributed by atoms with Gasteiger partial charge in [-0.2, -0.15) is 15.6 Å². The van der Waals surface area contributed by atoms with Crippen LogP contribution in [0.1, 0.15) is 0 Å². The van der Waals surface area contributed by atoms with Gasteiger partial charge in [-0.15, -0.1) is 0 Å². The predicted molar refractivity (Wildman–Crippen MR) is 74.1 cm³/mol. The van der Waals surface area contributed by atoms with Crippen LogP contribution in [-0.2, 0) is 0 Å². The second-order valence-corrected chi connectivity index (χ2v) is 4.00. The van der Waals surface area contributed by atoms with E-state index in [4.69, 9.17) is 10.5 Å². The Bertz CT molecular complexity index is 749. The molecule has 0 heterocycles. The summed E-state index contributed by atoms with van der Waals surface area (Å²) in [7, 11) is 0. The van der Waals surface area contributed by atoms with Crippen molar-refractivity contribution in [2.45, 2.75) is 0 Å². The van der Waals surface area contributed by atoms with Crippen molar-refractivity contribution < 1.29 is 8.78 Å². The van der Waals surface area contributed by atoms with E-state index in [-0.39, 0.29) is 5.71 Å². The molecule has 21 heavy (non-hydrogen) atoms. The van der Waals surface area contributed by atoms with Crippen molar-refractivity contribution in [2.24, 2.45) is 5.10 Å². The molecule has 4 nitrogen and oxygen atoms in total. The van der Waals surface area contributed by atoms with Gasteiger partial charge in [0.15, 0.2) is 0 Å². The van der Waals surface area contributed by atoms with Gasteiger partial charge in [0.25, 0.3) is 0 Å². The van der Waals surface area contributed by atoms with E-state index in [0.717, 1.165) is 6.07 Å². The molecule has 0 aromatic heterocycles. The molecule has 6 heteroatoms. The average Bonchev–Trinajstić information content (AvgIpc) is 2.47. The Balaban J connectivity index is 2.45. The number of hydrazone groups is 1. The fourth-order valence-corrected chi connectivity index (χ4v) is 1.73. The molecule has 0 unspecified atom stereocenters. The topological polar surface area (TPSA) is 72.0 Å². The highest BCUT2D eigenvalue weighted by molar-refractivity contribution is 6.10. The van der Waals surface area contributed by atoms with E-state index in [9.17, 15) is 8.78 Å². The summed E-state index contributed by atoms with van der Waals surface area (Å²) in [6.07, 6.45) is 0. The number of benzene rings is 2. The molecule has 102 valence electrons. The minimum Gasteiger partial charge on any atom is -0.276 e. The molecule has 0 atom stereocenters. The van der Waals surface area contributed by atoms with Crippen molar-refractivity contribution in [2.75, 3.05) is 5.43 Å². The lowest BCUT2D eigenvalue weighted by Crippen LogP contribution is -1.98. The molecule has 0 bridgehead atoms. The first kappa shape index (κ1) is 14.2. The minimum absolute atomic E-state index is 0.321. The number of hydrogen-bond donors (Lipinski definition) is 1. The summed E-state index contributed by atoms with van der Waals surface area (Å²) in [5.74, 6) is -1.39. The molecule has 0 aliphatic carbocycles. The molecular weight excluding hydrogens is 274 g/mol. The van der Waals surface area contributed by atoms with Crippen molar-refractivity contribution in [3.05, 3.63) is 54.1 Å². The number of para-hydroxylation sites is 1. The second kappa shape index (κ2) is 6.27. The zero-order valence-electron chi connectivity index (χ0n) is 10.6. The molecule has 0 saturated heterocycles. The molecular formula is C15H8F2N4. The number of nitriles is 2. The molecule has 0 aliphatic rings. The predicted octanol–water partition coefficient (Wildman–Crippen LogP) is 3.45. The van der Waals surface area contributed by atoms with Gasteiger partial charge in [0, 0.05) is 11.6 Å². The summed E-state index contributed by atoms with van der Waals surface area (Å²) < 4.78 is 26.6. The summed E-state index contributed by atoms with van der Waals surface area (Å²) in [4.78, 5) is 0. The SMILES string of the molecule is N#CC(C#N)=NNc1ccccc1-c1cc(F)cc(F)c1. The maximum absolute atomic E-state index is 13.3. The number of rotatable bonds is 3. The molecule has 0 spiro atoms. The summed E-state index contributed by atoms with van der Waals surface area (Å²) in [6.45, 7) is 0. The van der Waals surface area contributed by atoms with Crippen LogP contribution >= 0.6 is 0 Å². The van der Waals surface area contributed by atoms with E-state index < -0.39 is 11.6 Å². The molecule has 2 aromatic carbocycles. The van der Waals surface area contributed by atoms with Gasteiger partial charge in [-0.1, -0.05) is 18.2 Å². The van der Waals surface area contributed by atoms with E-state index in [1.807, 2.05) is 0 Å². The lowest BCUT2D eigenvalue weighted by molar-refractivity contribution is 0.584. The first-order chi connectivity index (χ1) is 10.1. The van der Waals surface area contributed by atoms with Gasteiger partial charge in [0.05, 0.1) is 5.69 Å². The molecule has 0 amide bonds. The van der Waals surface area contributed by atoms with Gasteiger partial charge in [0.1, 0.15) is 23.8 Å². The molecule has 0 saturated carbocycles.